The van der Waals surface area contributed by atoms with Gasteiger partial charge in [-0.15, -0.1) is 0 Å². The minimum atomic E-state index is -0.288. The molecule has 4 aromatic carbocycles. The topological polar surface area (TPSA) is 47.6 Å². The molecule has 0 unspecified atom stereocenters. The number of carbonyl (C=O) groups is 1. The van der Waals surface area contributed by atoms with Crippen LogP contribution in [0.3, 0.4) is 0 Å². The second-order valence-electron chi connectivity index (χ2n) is 7.10. The fourth-order valence-electron chi connectivity index (χ4n) is 3.39. The third-order valence-corrected chi connectivity index (χ3v) is 5.48. The van der Waals surface area contributed by atoms with E-state index in [0.717, 1.165) is 22.1 Å². The summed E-state index contributed by atoms with van der Waals surface area (Å²) in [5.74, 6) is 1.16. The second kappa shape index (κ2) is 9.94. The molecule has 4 aromatic rings. The molecule has 32 heavy (non-hydrogen) atoms. The van der Waals surface area contributed by atoms with Crippen molar-refractivity contribution >= 4 is 45.6 Å². The maximum atomic E-state index is 12.8. The molecule has 162 valence electrons. The van der Waals surface area contributed by atoms with Crippen LogP contribution in [0.5, 0.6) is 11.5 Å². The summed E-state index contributed by atoms with van der Waals surface area (Å²) in [4.78, 5) is 12.8. The standard InChI is InChI=1S/C26H21Cl2NO3/c1-2-31-24-13-10-18(26(30)29-23-12-11-20(27)15-22(23)28)14-19(24)16-32-25-9-5-7-17-6-3-4-8-21(17)25/h3-15H,2,16H2,1H3,(H,29,30). The number of fused-ring (bicyclic) bond motifs is 1. The molecule has 0 bridgehead atoms. The van der Waals surface area contributed by atoms with Gasteiger partial charge in [0.25, 0.3) is 5.91 Å². The van der Waals surface area contributed by atoms with Gasteiger partial charge in [-0.25, -0.2) is 0 Å². The highest BCUT2D eigenvalue weighted by Gasteiger charge is 2.14. The first-order valence-electron chi connectivity index (χ1n) is 10.2. The molecule has 0 aromatic heterocycles. The van der Waals surface area contributed by atoms with Crippen molar-refractivity contribution < 1.29 is 14.3 Å². The highest BCUT2D eigenvalue weighted by atomic mass is 35.5. The summed E-state index contributed by atoms with van der Waals surface area (Å²) in [5.41, 5.74) is 1.73. The van der Waals surface area contributed by atoms with Crippen LogP contribution in [0.25, 0.3) is 10.8 Å². The maximum absolute atomic E-state index is 12.8. The van der Waals surface area contributed by atoms with Gasteiger partial charge in [-0.3, -0.25) is 4.79 Å². The number of carbonyl (C=O) groups excluding carboxylic acids is 1. The smallest absolute Gasteiger partial charge is 0.255 e. The summed E-state index contributed by atoms with van der Waals surface area (Å²) in [5, 5.41) is 5.82. The van der Waals surface area contributed by atoms with Crippen LogP contribution in [0, 0.1) is 0 Å². The molecule has 0 saturated heterocycles. The lowest BCUT2D eigenvalue weighted by molar-refractivity contribution is 0.102. The highest BCUT2D eigenvalue weighted by molar-refractivity contribution is 6.36. The number of hydrogen-bond donors (Lipinski definition) is 1. The number of ether oxygens (including phenoxy) is 2. The first-order chi connectivity index (χ1) is 15.5. The molecule has 4 nitrogen and oxygen atoms in total. The van der Waals surface area contributed by atoms with Crippen LogP contribution in [-0.4, -0.2) is 12.5 Å². The Morgan fingerprint density at radius 2 is 1.69 bits per heavy atom. The normalized spacial score (nSPS) is 10.7. The zero-order chi connectivity index (χ0) is 22.5. The Kier molecular flexibility index (Phi) is 6.84. The predicted molar refractivity (Wildman–Crippen MR) is 130 cm³/mol. The van der Waals surface area contributed by atoms with Crippen molar-refractivity contribution in [1.82, 2.24) is 0 Å². The van der Waals surface area contributed by atoms with Gasteiger partial charge in [-0.05, 0) is 54.8 Å². The van der Waals surface area contributed by atoms with Gasteiger partial charge in [0.15, 0.2) is 0 Å². The van der Waals surface area contributed by atoms with Crippen molar-refractivity contribution in [3.63, 3.8) is 0 Å². The minimum absolute atomic E-state index is 0.256. The Hall–Kier alpha value is -3.21. The molecule has 0 heterocycles. The van der Waals surface area contributed by atoms with Crippen molar-refractivity contribution in [3.05, 3.63) is 100 Å². The maximum Gasteiger partial charge on any atom is 0.255 e. The molecule has 0 radical (unpaired) electrons. The van der Waals surface area contributed by atoms with Gasteiger partial charge in [0.2, 0.25) is 0 Å². The van der Waals surface area contributed by atoms with Crippen LogP contribution in [0.2, 0.25) is 10.0 Å². The Morgan fingerprint density at radius 1 is 0.875 bits per heavy atom. The Labute approximate surface area is 196 Å². The van der Waals surface area contributed by atoms with Crippen molar-refractivity contribution in [2.45, 2.75) is 13.5 Å². The first-order valence-corrected chi connectivity index (χ1v) is 10.9. The summed E-state index contributed by atoms with van der Waals surface area (Å²) < 4.78 is 11.9. The van der Waals surface area contributed by atoms with E-state index >= 15 is 0 Å². The van der Waals surface area contributed by atoms with E-state index in [2.05, 4.69) is 5.32 Å². The fourth-order valence-corrected chi connectivity index (χ4v) is 3.85. The number of nitrogens with one attached hydrogen (secondary N) is 1. The van der Waals surface area contributed by atoms with Gasteiger partial charge in [0.1, 0.15) is 18.1 Å². The van der Waals surface area contributed by atoms with Gasteiger partial charge in [0.05, 0.1) is 17.3 Å². The summed E-state index contributed by atoms with van der Waals surface area (Å²) in [6.07, 6.45) is 0. The lowest BCUT2D eigenvalue weighted by Gasteiger charge is -2.15. The van der Waals surface area contributed by atoms with E-state index in [-0.39, 0.29) is 12.5 Å². The van der Waals surface area contributed by atoms with Crippen molar-refractivity contribution in [2.24, 2.45) is 0 Å². The first kappa shape index (κ1) is 22.0. The third kappa shape index (κ3) is 4.98. The van der Waals surface area contributed by atoms with E-state index in [4.69, 9.17) is 32.7 Å². The van der Waals surface area contributed by atoms with Crippen molar-refractivity contribution in [2.75, 3.05) is 11.9 Å². The number of rotatable bonds is 7. The van der Waals surface area contributed by atoms with Crippen molar-refractivity contribution in [3.8, 4) is 11.5 Å². The number of halogens is 2. The van der Waals surface area contributed by atoms with E-state index in [0.29, 0.717) is 33.7 Å². The van der Waals surface area contributed by atoms with E-state index in [1.165, 1.54) is 0 Å². The van der Waals surface area contributed by atoms with Gasteiger partial charge in [-0.1, -0.05) is 59.6 Å². The summed E-state index contributed by atoms with van der Waals surface area (Å²) >= 11 is 12.1. The minimum Gasteiger partial charge on any atom is -0.493 e. The average Bonchev–Trinajstić information content (AvgIpc) is 2.80. The summed E-state index contributed by atoms with van der Waals surface area (Å²) in [7, 11) is 0. The predicted octanol–water partition coefficient (Wildman–Crippen LogP) is 7.38. The van der Waals surface area contributed by atoms with Gasteiger partial charge >= 0.3 is 0 Å². The number of anilines is 1. The molecule has 0 saturated carbocycles. The molecule has 0 aliphatic carbocycles. The Morgan fingerprint density at radius 3 is 2.50 bits per heavy atom. The number of benzene rings is 4. The molecule has 0 aliphatic rings. The molecular weight excluding hydrogens is 445 g/mol. The zero-order valence-corrected chi connectivity index (χ0v) is 18.9. The second-order valence-corrected chi connectivity index (χ2v) is 7.94. The van der Waals surface area contributed by atoms with Crippen LogP contribution in [0.15, 0.2) is 78.9 Å². The molecule has 0 fully saturated rings. The lowest BCUT2D eigenvalue weighted by Crippen LogP contribution is -2.13. The summed E-state index contributed by atoms with van der Waals surface area (Å²) in [6.45, 7) is 2.68. The van der Waals surface area contributed by atoms with Crippen LogP contribution in [0.4, 0.5) is 5.69 Å². The Balaban J connectivity index is 1.58. The van der Waals surface area contributed by atoms with Gasteiger partial charge < -0.3 is 14.8 Å². The molecule has 4 rings (SSSR count). The van der Waals surface area contributed by atoms with Crippen molar-refractivity contribution in [1.29, 1.82) is 0 Å². The van der Waals surface area contributed by atoms with Crippen LogP contribution in [-0.2, 0) is 6.61 Å². The van der Waals surface area contributed by atoms with Crippen LogP contribution in [0.1, 0.15) is 22.8 Å². The van der Waals surface area contributed by atoms with E-state index < -0.39 is 0 Å². The molecule has 6 heteroatoms. The molecule has 1 N–H and O–H groups in total. The van der Waals surface area contributed by atoms with E-state index in [1.54, 1.807) is 36.4 Å². The number of amides is 1. The highest BCUT2D eigenvalue weighted by Crippen LogP contribution is 2.29. The zero-order valence-electron chi connectivity index (χ0n) is 17.4. The quantitative estimate of drug-likeness (QED) is 0.309. The van der Waals surface area contributed by atoms with Crippen LogP contribution >= 0.6 is 23.2 Å². The Bertz CT molecular complexity index is 1270. The number of hydrogen-bond acceptors (Lipinski definition) is 3. The SMILES string of the molecule is CCOc1ccc(C(=O)Nc2ccc(Cl)cc2Cl)cc1COc1cccc2ccccc12. The van der Waals surface area contributed by atoms with Gasteiger partial charge in [0, 0.05) is 21.5 Å². The lowest BCUT2D eigenvalue weighted by atomic mass is 10.1. The summed E-state index contributed by atoms with van der Waals surface area (Å²) in [6, 6.07) is 24.2. The molecule has 0 aliphatic heterocycles. The largest absolute Gasteiger partial charge is 0.493 e. The third-order valence-electron chi connectivity index (χ3n) is 4.93. The van der Waals surface area contributed by atoms with Crippen LogP contribution < -0.4 is 14.8 Å². The monoisotopic (exact) mass is 465 g/mol. The molecular formula is C26H21Cl2NO3. The van der Waals surface area contributed by atoms with E-state index in [1.807, 2.05) is 49.4 Å². The average molecular weight is 466 g/mol. The molecule has 1 amide bonds. The molecule has 0 atom stereocenters. The van der Waals surface area contributed by atoms with Gasteiger partial charge in [-0.2, -0.15) is 0 Å². The fraction of sp³-hybridized carbons (Fsp3) is 0.115. The molecule has 0 spiro atoms. The van der Waals surface area contributed by atoms with E-state index in [9.17, 15) is 4.79 Å².